The van der Waals surface area contributed by atoms with Crippen molar-refractivity contribution in [3.63, 3.8) is 0 Å². The Kier molecular flexibility index (Phi) is 2.37. The zero-order valence-corrected chi connectivity index (χ0v) is 10.2. The van der Waals surface area contributed by atoms with Crippen molar-refractivity contribution in [3.05, 3.63) is 53.5 Å². The summed E-state index contributed by atoms with van der Waals surface area (Å²) in [5.74, 6) is 0. The fraction of sp³-hybridized carbons (Fsp3) is 0.0769. The second-order valence-electron chi connectivity index (χ2n) is 3.87. The predicted octanol–water partition coefficient (Wildman–Crippen LogP) is 2.52. The molecule has 0 unspecified atom stereocenters. The highest BCUT2D eigenvalue weighted by molar-refractivity contribution is 7.80. The van der Waals surface area contributed by atoms with Crippen molar-refractivity contribution in [2.24, 2.45) is 17.0 Å². The first-order valence-electron chi connectivity index (χ1n) is 5.32. The molecule has 3 rings (SSSR count). The van der Waals surface area contributed by atoms with Gasteiger partial charge in [0.1, 0.15) is 0 Å². The van der Waals surface area contributed by atoms with E-state index in [1.54, 1.807) is 6.21 Å². The Morgan fingerprint density at radius 3 is 2.76 bits per heavy atom. The molecule has 0 amide bonds. The minimum atomic E-state index is 0.921. The smallest absolute Gasteiger partial charge is 0.0961 e. The number of aromatic nitrogens is 1. The molecule has 0 atom stereocenters. The molecule has 4 heteroatoms. The van der Waals surface area contributed by atoms with E-state index in [0.717, 1.165) is 27.7 Å². The molecule has 17 heavy (non-hydrogen) atoms. The lowest BCUT2D eigenvalue weighted by atomic mass is 10.1. The number of allylic oxidation sites excluding steroid dienone is 4. The first-order chi connectivity index (χ1) is 8.27. The number of rotatable bonds is 1. The van der Waals surface area contributed by atoms with Crippen LogP contribution in [-0.4, -0.2) is 16.5 Å². The maximum absolute atomic E-state index is 4.42. The van der Waals surface area contributed by atoms with E-state index in [9.17, 15) is 0 Å². The van der Waals surface area contributed by atoms with Crippen molar-refractivity contribution < 1.29 is 0 Å². The standard InChI is InChI=1S/C13H11N3S/c1-16-11(4-5-12(16)17)13-9(6-8-15-13)10-3-2-7-14-10/h2-8,17H,1H3. The Morgan fingerprint density at radius 1 is 1.24 bits per heavy atom. The Bertz CT molecular complexity index is 613. The van der Waals surface area contributed by atoms with Crippen LogP contribution in [-0.2, 0) is 7.05 Å². The fourth-order valence-corrected chi connectivity index (χ4v) is 2.13. The molecule has 0 N–H and O–H groups in total. The zero-order valence-electron chi connectivity index (χ0n) is 9.33. The molecule has 2 aliphatic rings. The topological polar surface area (TPSA) is 29.6 Å². The molecular formula is C13H11N3S. The van der Waals surface area contributed by atoms with E-state index in [1.165, 1.54) is 0 Å². The third-order valence-electron chi connectivity index (χ3n) is 2.87. The molecule has 0 saturated heterocycles. The van der Waals surface area contributed by atoms with Crippen LogP contribution in [0.4, 0.5) is 0 Å². The first kappa shape index (κ1) is 10.4. The molecule has 84 valence electrons. The lowest BCUT2D eigenvalue weighted by Gasteiger charge is -2.07. The average Bonchev–Trinajstić information content (AvgIpc) is 3.01. The molecule has 1 aromatic rings. The number of aliphatic imine (C=N–C) groups is 2. The van der Waals surface area contributed by atoms with E-state index in [4.69, 9.17) is 0 Å². The van der Waals surface area contributed by atoms with Gasteiger partial charge in [-0.3, -0.25) is 9.98 Å². The van der Waals surface area contributed by atoms with E-state index < -0.39 is 0 Å². The Hall–Kier alpha value is -1.81. The molecule has 0 bridgehead atoms. The van der Waals surface area contributed by atoms with E-state index in [2.05, 4.69) is 22.6 Å². The maximum Gasteiger partial charge on any atom is 0.0961 e. The summed E-state index contributed by atoms with van der Waals surface area (Å²) >= 11 is 4.38. The molecule has 0 aliphatic carbocycles. The molecule has 0 fully saturated rings. The largest absolute Gasteiger partial charge is 0.338 e. The van der Waals surface area contributed by atoms with Gasteiger partial charge >= 0.3 is 0 Å². The predicted molar refractivity (Wildman–Crippen MR) is 73.0 cm³/mol. The summed E-state index contributed by atoms with van der Waals surface area (Å²) in [5.41, 5.74) is 4.02. The summed E-state index contributed by atoms with van der Waals surface area (Å²) < 4.78 is 2.01. The van der Waals surface area contributed by atoms with E-state index >= 15 is 0 Å². The maximum atomic E-state index is 4.42. The summed E-state index contributed by atoms with van der Waals surface area (Å²) in [6.45, 7) is 0. The summed E-state index contributed by atoms with van der Waals surface area (Å²) in [4.78, 5) is 8.73. The van der Waals surface area contributed by atoms with Gasteiger partial charge in [-0.1, -0.05) is 0 Å². The van der Waals surface area contributed by atoms with Crippen LogP contribution in [0.3, 0.4) is 0 Å². The summed E-state index contributed by atoms with van der Waals surface area (Å²) in [6.07, 6.45) is 9.51. The van der Waals surface area contributed by atoms with Crippen LogP contribution >= 0.6 is 12.6 Å². The van der Waals surface area contributed by atoms with Crippen LogP contribution in [0.5, 0.6) is 0 Å². The van der Waals surface area contributed by atoms with Gasteiger partial charge in [0.15, 0.2) is 0 Å². The Morgan fingerprint density at radius 2 is 2.12 bits per heavy atom. The van der Waals surface area contributed by atoms with Gasteiger partial charge < -0.3 is 4.57 Å². The highest BCUT2D eigenvalue weighted by Gasteiger charge is 2.18. The summed E-state index contributed by atoms with van der Waals surface area (Å²) in [5, 5.41) is 0.921. The van der Waals surface area contributed by atoms with Crippen molar-refractivity contribution in [3.8, 4) is 0 Å². The lowest BCUT2D eigenvalue weighted by molar-refractivity contribution is 0.823. The first-order valence-corrected chi connectivity index (χ1v) is 5.77. The van der Waals surface area contributed by atoms with Crippen LogP contribution in [0.15, 0.2) is 62.8 Å². The normalized spacial score (nSPS) is 21.6. The minimum Gasteiger partial charge on any atom is -0.338 e. The third-order valence-corrected chi connectivity index (χ3v) is 3.32. The number of hydrogen-bond acceptors (Lipinski definition) is 3. The molecule has 2 aliphatic heterocycles. The fourth-order valence-electron chi connectivity index (χ4n) is 1.94. The third kappa shape index (κ3) is 1.61. The van der Waals surface area contributed by atoms with Crippen molar-refractivity contribution in [2.75, 3.05) is 0 Å². The van der Waals surface area contributed by atoms with E-state index in [-0.39, 0.29) is 0 Å². The molecule has 3 nitrogen and oxygen atoms in total. The Balaban J connectivity index is 2.11. The molecule has 3 heterocycles. The van der Waals surface area contributed by atoms with Crippen molar-refractivity contribution in [1.82, 2.24) is 4.57 Å². The average molecular weight is 241 g/mol. The van der Waals surface area contributed by atoms with Gasteiger partial charge in [0.25, 0.3) is 0 Å². The van der Waals surface area contributed by atoms with E-state index in [1.807, 2.05) is 48.2 Å². The number of nitrogens with zero attached hydrogens (tertiary/aromatic N) is 3. The van der Waals surface area contributed by atoms with Gasteiger partial charge in [0, 0.05) is 25.0 Å². The molecule has 1 aromatic heterocycles. The van der Waals surface area contributed by atoms with Gasteiger partial charge in [0.2, 0.25) is 0 Å². The summed E-state index contributed by atoms with van der Waals surface area (Å²) in [7, 11) is 1.98. The van der Waals surface area contributed by atoms with E-state index in [0.29, 0.717) is 0 Å². The van der Waals surface area contributed by atoms with Gasteiger partial charge in [-0.15, -0.1) is 12.6 Å². The highest BCUT2D eigenvalue weighted by atomic mass is 32.1. The lowest BCUT2D eigenvalue weighted by Crippen LogP contribution is -2.08. The minimum absolute atomic E-state index is 0.921. The van der Waals surface area contributed by atoms with Gasteiger partial charge in [-0.05, 0) is 30.4 Å². The second-order valence-corrected chi connectivity index (χ2v) is 4.32. The van der Waals surface area contributed by atoms with Gasteiger partial charge in [0.05, 0.1) is 22.1 Å². The molecule has 0 aromatic carbocycles. The monoisotopic (exact) mass is 241 g/mol. The van der Waals surface area contributed by atoms with Crippen LogP contribution in [0.25, 0.3) is 0 Å². The zero-order chi connectivity index (χ0) is 11.8. The van der Waals surface area contributed by atoms with Crippen LogP contribution < -0.4 is 0 Å². The van der Waals surface area contributed by atoms with Crippen molar-refractivity contribution in [1.29, 1.82) is 0 Å². The second kappa shape index (κ2) is 3.89. The quantitative estimate of drug-likeness (QED) is 0.732. The molecule has 0 saturated carbocycles. The SMILES string of the molecule is Cn1c(S)ccc1C1=NC=CC1=C1C=CC=N1. The molecular weight excluding hydrogens is 230 g/mol. The number of hydrogen-bond donors (Lipinski definition) is 1. The molecule has 0 spiro atoms. The van der Waals surface area contributed by atoms with Crippen LogP contribution in [0.2, 0.25) is 0 Å². The van der Waals surface area contributed by atoms with Gasteiger partial charge in [-0.2, -0.15) is 0 Å². The Labute approximate surface area is 105 Å². The van der Waals surface area contributed by atoms with Gasteiger partial charge in [-0.25, -0.2) is 0 Å². The highest BCUT2D eigenvalue weighted by Crippen LogP contribution is 2.24. The van der Waals surface area contributed by atoms with Crippen LogP contribution in [0.1, 0.15) is 5.69 Å². The van der Waals surface area contributed by atoms with Crippen molar-refractivity contribution >= 4 is 24.6 Å². The summed E-state index contributed by atoms with van der Waals surface area (Å²) in [6, 6.07) is 3.99. The number of thiol groups is 1. The van der Waals surface area contributed by atoms with Crippen molar-refractivity contribution in [2.45, 2.75) is 5.03 Å². The van der Waals surface area contributed by atoms with Crippen LogP contribution in [0, 0.1) is 0 Å². The molecule has 0 radical (unpaired) electrons.